The molecule has 3 atom stereocenters. The summed E-state index contributed by atoms with van der Waals surface area (Å²) in [6.45, 7) is 12.3. The lowest BCUT2D eigenvalue weighted by molar-refractivity contribution is -0.162. The third-order valence-corrected chi connectivity index (χ3v) is 18.2. The van der Waals surface area contributed by atoms with Crippen molar-refractivity contribution in [3.63, 3.8) is 0 Å². The van der Waals surface area contributed by atoms with Crippen LogP contribution in [0.25, 0.3) is 11.1 Å². The van der Waals surface area contributed by atoms with Gasteiger partial charge in [-0.15, -0.1) is 0 Å². The number of fused-ring (bicyclic) bond motifs is 2. The predicted octanol–water partition coefficient (Wildman–Crippen LogP) is 10.7. The average molecular weight is 1210 g/mol. The van der Waals surface area contributed by atoms with Gasteiger partial charge in [0.05, 0.1) is 38.9 Å². The number of aryl methyl sites for hydroxylation is 6. The molecule has 0 radical (unpaired) electrons. The number of carbonyl (C=O) groups excluding carboxylic acids is 5. The fourth-order valence-corrected chi connectivity index (χ4v) is 13.3. The Kier molecular flexibility index (Phi) is 19.8. The molecule has 4 aliphatic rings. The molecule has 2 saturated heterocycles. The third-order valence-electron chi connectivity index (χ3n) is 18.2. The standard InChI is InChI=1S/C68H83F2N9O9/c1-9-53(49-33-44(4)64(86-8)61(36-49)85-7)67(83)78-27-11-10-17-58(78)68(84)88-60(21-20-46-19-18-42(2)43(3)32-46)48-14-12-16-52(34-48)87-41-62(81)71-26-22-63(82)75-29-23-51(24-30-75)79-57-25-31-76(45(5)80)40-56(57)66(73-79)77-28-13-15-47-35-54(50-38-72-74(6)39-50)55(65(69)70)37-59(47)77/h12,14,16,18-19,32-39,51,53,58,60,65H,9-11,13,15,17,20-31,40-41H2,1-8H3,(H,71,81)/t53-,58-,60+/m0/s1. The quantitative estimate of drug-likeness (QED) is 0.0674. The minimum Gasteiger partial charge on any atom is -0.493 e. The van der Waals surface area contributed by atoms with E-state index >= 15 is 0 Å². The van der Waals surface area contributed by atoms with Gasteiger partial charge in [0, 0.05) is 100 Å². The lowest BCUT2D eigenvalue weighted by Crippen LogP contribution is -2.50. The van der Waals surface area contributed by atoms with E-state index in [1.807, 2.05) is 43.0 Å². The van der Waals surface area contributed by atoms with Gasteiger partial charge in [-0.3, -0.25) is 28.5 Å². The molecule has 4 amide bonds. The summed E-state index contributed by atoms with van der Waals surface area (Å²) in [5.41, 5.74) is 10.4. The summed E-state index contributed by atoms with van der Waals surface area (Å²) in [6.07, 6.45) is 7.02. The first-order chi connectivity index (χ1) is 42.4. The zero-order chi connectivity index (χ0) is 62.3. The van der Waals surface area contributed by atoms with Crippen LogP contribution in [0.5, 0.6) is 17.2 Å². The highest BCUT2D eigenvalue weighted by atomic mass is 19.3. The predicted molar refractivity (Wildman–Crippen MR) is 330 cm³/mol. The van der Waals surface area contributed by atoms with Crippen molar-refractivity contribution in [1.29, 1.82) is 0 Å². The number of halogens is 2. The van der Waals surface area contributed by atoms with Crippen LogP contribution >= 0.6 is 0 Å². The molecule has 0 aliphatic carbocycles. The normalized spacial score (nSPS) is 16.8. The molecule has 468 valence electrons. The Morgan fingerprint density at radius 3 is 2.34 bits per heavy atom. The molecule has 0 unspecified atom stereocenters. The maximum absolute atomic E-state index is 14.8. The average Bonchev–Trinajstić information content (AvgIpc) is 1.66. The van der Waals surface area contributed by atoms with Crippen molar-refractivity contribution < 1.29 is 51.7 Å². The van der Waals surface area contributed by atoms with Crippen LogP contribution in [-0.4, -0.2) is 130 Å². The monoisotopic (exact) mass is 1210 g/mol. The van der Waals surface area contributed by atoms with Gasteiger partial charge in [-0.1, -0.05) is 43.3 Å². The number of aromatic nitrogens is 4. The van der Waals surface area contributed by atoms with Crippen molar-refractivity contribution in [3.05, 3.63) is 135 Å². The fraction of sp³-hybridized carbons (Fsp3) is 0.485. The molecule has 1 N–H and O–H groups in total. The number of rotatable bonds is 21. The van der Waals surface area contributed by atoms with E-state index in [2.05, 4.69) is 52.0 Å². The van der Waals surface area contributed by atoms with Crippen LogP contribution in [0.1, 0.15) is 152 Å². The van der Waals surface area contributed by atoms with Crippen molar-refractivity contribution in [2.24, 2.45) is 7.05 Å². The van der Waals surface area contributed by atoms with E-state index in [1.54, 1.807) is 79.3 Å². The minimum atomic E-state index is -2.72. The number of piperidine rings is 2. The van der Waals surface area contributed by atoms with Crippen LogP contribution in [0, 0.1) is 20.8 Å². The number of hydrogen-bond donors (Lipinski definition) is 1. The van der Waals surface area contributed by atoms with Gasteiger partial charge in [-0.05, 0) is 160 Å². The van der Waals surface area contributed by atoms with E-state index < -0.39 is 36.4 Å². The molecule has 88 heavy (non-hydrogen) atoms. The maximum atomic E-state index is 14.8. The van der Waals surface area contributed by atoms with E-state index in [0.29, 0.717) is 130 Å². The lowest BCUT2D eigenvalue weighted by Gasteiger charge is -2.37. The van der Waals surface area contributed by atoms with Crippen molar-refractivity contribution >= 4 is 41.1 Å². The van der Waals surface area contributed by atoms with Gasteiger partial charge in [0.25, 0.3) is 12.3 Å². The first kappa shape index (κ1) is 62.8. The van der Waals surface area contributed by atoms with Crippen LogP contribution in [0.2, 0.25) is 0 Å². The molecular formula is C68H83F2N9O9. The largest absolute Gasteiger partial charge is 0.493 e. The lowest BCUT2D eigenvalue weighted by atomic mass is 9.91. The summed E-state index contributed by atoms with van der Waals surface area (Å²) in [4.78, 5) is 76.2. The molecule has 10 rings (SSSR count). The van der Waals surface area contributed by atoms with E-state index in [4.69, 9.17) is 24.0 Å². The molecule has 0 bridgehead atoms. The Labute approximate surface area is 514 Å². The Hall–Kier alpha value is -8.29. The second-order valence-electron chi connectivity index (χ2n) is 23.9. The van der Waals surface area contributed by atoms with Gasteiger partial charge in [-0.25, -0.2) is 13.6 Å². The number of methoxy groups -OCH3 is 2. The molecule has 6 heterocycles. The molecule has 20 heteroatoms. The fourth-order valence-electron chi connectivity index (χ4n) is 13.3. The number of amides is 4. The molecule has 4 aromatic carbocycles. The van der Waals surface area contributed by atoms with Crippen LogP contribution in [-0.2, 0) is 61.6 Å². The third kappa shape index (κ3) is 13.8. The molecule has 2 aromatic heterocycles. The molecule has 0 spiro atoms. The summed E-state index contributed by atoms with van der Waals surface area (Å²) >= 11 is 0. The number of nitrogens with zero attached hydrogens (tertiary/aromatic N) is 8. The van der Waals surface area contributed by atoms with Gasteiger partial charge >= 0.3 is 5.97 Å². The van der Waals surface area contributed by atoms with Gasteiger partial charge in [-0.2, -0.15) is 10.2 Å². The zero-order valence-electron chi connectivity index (χ0n) is 52.0. The van der Waals surface area contributed by atoms with Gasteiger partial charge in [0.2, 0.25) is 17.7 Å². The van der Waals surface area contributed by atoms with E-state index in [-0.39, 0.29) is 48.9 Å². The number of carbonyl (C=O) groups is 5. The number of likely N-dealkylation sites (tertiary alicyclic amines) is 2. The van der Waals surface area contributed by atoms with E-state index in [1.165, 1.54) is 5.56 Å². The minimum absolute atomic E-state index is 0.0300. The van der Waals surface area contributed by atoms with Gasteiger partial charge in [0.15, 0.2) is 23.9 Å². The molecule has 0 saturated carbocycles. The molecule has 6 aromatic rings. The summed E-state index contributed by atoms with van der Waals surface area (Å²) in [6, 6.07) is 20.0. The first-order valence-corrected chi connectivity index (χ1v) is 31.1. The van der Waals surface area contributed by atoms with Crippen LogP contribution < -0.4 is 24.4 Å². The SMILES string of the molecule is CC[C@H](C(=O)N1CCCC[C@H]1C(=O)O[C@H](CCc1ccc(C)c(C)c1)c1cccc(OCC(=O)NCCC(=O)N2CCC(n3nc(N4CCCc5cc(-c6cnn(C)c6)c(C(F)F)cc54)c4c3CCN(C(C)=O)C4)CC2)c1)c1cc(C)c(OC)c(OC)c1. The number of nitrogens with one attached hydrogen (secondary N) is 1. The van der Waals surface area contributed by atoms with Gasteiger partial charge in [0.1, 0.15) is 17.9 Å². The molecule has 4 aliphatic heterocycles. The molecular weight excluding hydrogens is 1120 g/mol. The summed E-state index contributed by atoms with van der Waals surface area (Å²) in [5.74, 6) is 0.583. The van der Waals surface area contributed by atoms with Crippen molar-refractivity contribution in [2.45, 2.75) is 149 Å². The van der Waals surface area contributed by atoms with Crippen molar-refractivity contribution in [1.82, 2.24) is 39.6 Å². The number of anilines is 2. The highest BCUT2D eigenvalue weighted by Gasteiger charge is 2.39. The van der Waals surface area contributed by atoms with Crippen LogP contribution in [0.4, 0.5) is 20.3 Å². The Morgan fingerprint density at radius 1 is 0.818 bits per heavy atom. The number of hydrogen-bond acceptors (Lipinski definition) is 12. The van der Waals surface area contributed by atoms with E-state index in [9.17, 15) is 32.8 Å². The van der Waals surface area contributed by atoms with Gasteiger partial charge < -0.3 is 43.9 Å². The number of benzene rings is 4. The Bertz CT molecular complexity index is 3540. The topological polar surface area (TPSA) is 183 Å². The van der Waals surface area contributed by atoms with Crippen molar-refractivity contribution in [3.8, 4) is 28.4 Å². The zero-order valence-corrected chi connectivity index (χ0v) is 52.0. The van der Waals surface area contributed by atoms with Crippen LogP contribution in [0.3, 0.4) is 0 Å². The highest BCUT2D eigenvalue weighted by molar-refractivity contribution is 5.89. The Morgan fingerprint density at radius 2 is 1.62 bits per heavy atom. The summed E-state index contributed by atoms with van der Waals surface area (Å²) < 4.78 is 57.1. The van der Waals surface area contributed by atoms with E-state index in [0.717, 1.165) is 64.8 Å². The number of alkyl halides is 2. The second kappa shape index (κ2) is 27.8. The number of ether oxygens (including phenoxy) is 4. The number of esters is 1. The van der Waals surface area contributed by atoms with Crippen LogP contribution in [0.15, 0.2) is 79.1 Å². The molecule has 2 fully saturated rings. The summed E-state index contributed by atoms with van der Waals surface area (Å²) in [7, 11) is 4.92. The Balaban J connectivity index is 0.758. The first-order valence-electron chi connectivity index (χ1n) is 31.1. The van der Waals surface area contributed by atoms with Crippen molar-refractivity contribution in [2.75, 3.05) is 65.0 Å². The molecule has 18 nitrogen and oxygen atoms in total. The second-order valence-corrected chi connectivity index (χ2v) is 23.9. The smallest absolute Gasteiger partial charge is 0.329 e. The highest BCUT2D eigenvalue weighted by Crippen LogP contribution is 2.44. The maximum Gasteiger partial charge on any atom is 0.329 e. The summed E-state index contributed by atoms with van der Waals surface area (Å²) in [5, 5.41) is 12.4.